The Kier molecular flexibility index (Phi) is 7.28. The van der Waals surface area contributed by atoms with Crippen LogP contribution in [0.1, 0.15) is 24.4 Å². The van der Waals surface area contributed by atoms with E-state index in [1.54, 1.807) is 12.4 Å². The monoisotopic (exact) mass is 209 g/mol. The Labute approximate surface area is 84.6 Å². The largest absolute Gasteiger partial charge is 0.323 e. The summed E-state index contributed by atoms with van der Waals surface area (Å²) in [4.78, 5) is 8.15. The minimum atomic E-state index is -0.0203. The molecule has 3 nitrogen and oxygen atoms in total. The van der Waals surface area contributed by atoms with Crippen molar-refractivity contribution in [2.75, 3.05) is 0 Å². The SMILES string of the molecule is Cc1cnc(C(C)N)cn1.Cl.Cl. The van der Waals surface area contributed by atoms with Crippen molar-refractivity contribution in [2.24, 2.45) is 5.73 Å². The van der Waals surface area contributed by atoms with Crippen molar-refractivity contribution in [1.82, 2.24) is 9.97 Å². The molecule has 1 aromatic rings. The molecular formula is C7H13Cl2N3. The third kappa shape index (κ3) is 3.85. The summed E-state index contributed by atoms with van der Waals surface area (Å²) >= 11 is 0. The molecule has 0 aliphatic carbocycles. The van der Waals surface area contributed by atoms with Crippen LogP contribution in [0.25, 0.3) is 0 Å². The Morgan fingerprint density at radius 3 is 2.17 bits per heavy atom. The fraction of sp³-hybridized carbons (Fsp3) is 0.429. The number of rotatable bonds is 1. The van der Waals surface area contributed by atoms with Gasteiger partial charge in [0.05, 0.1) is 17.6 Å². The molecule has 0 amide bonds. The quantitative estimate of drug-likeness (QED) is 0.766. The van der Waals surface area contributed by atoms with Crippen LogP contribution in [0, 0.1) is 6.92 Å². The lowest BCUT2D eigenvalue weighted by atomic mass is 10.3. The summed E-state index contributed by atoms with van der Waals surface area (Å²) in [6.45, 7) is 3.79. The fourth-order valence-corrected chi connectivity index (χ4v) is 0.638. The van der Waals surface area contributed by atoms with Crippen molar-refractivity contribution in [3.63, 3.8) is 0 Å². The normalized spacial score (nSPS) is 10.9. The van der Waals surface area contributed by atoms with Crippen LogP contribution in [-0.2, 0) is 0 Å². The molecule has 1 rings (SSSR count). The van der Waals surface area contributed by atoms with Gasteiger partial charge in [-0.25, -0.2) is 0 Å². The second-order valence-electron chi connectivity index (χ2n) is 2.37. The van der Waals surface area contributed by atoms with Gasteiger partial charge in [-0.05, 0) is 13.8 Å². The van der Waals surface area contributed by atoms with E-state index in [0.717, 1.165) is 11.4 Å². The number of nitrogens with zero attached hydrogens (tertiary/aromatic N) is 2. The van der Waals surface area contributed by atoms with Gasteiger partial charge < -0.3 is 5.73 Å². The molecule has 1 atom stereocenters. The average molecular weight is 210 g/mol. The van der Waals surface area contributed by atoms with E-state index in [4.69, 9.17) is 5.73 Å². The predicted octanol–water partition coefficient (Wildman–Crippen LogP) is 1.65. The first kappa shape index (κ1) is 14.2. The van der Waals surface area contributed by atoms with Gasteiger partial charge >= 0.3 is 0 Å². The fourth-order valence-electron chi connectivity index (χ4n) is 0.638. The van der Waals surface area contributed by atoms with Crippen LogP contribution in [0.4, 0.5) is 0 Å². The van der Waals surface area contributed by atoms with Gasteiger partial charge in [0.2, 0.25) is 0 Å². The van der Waals surface area contributed by atoms with E-state index in [9.17, 15) is 0 Å². The Bertz CT molecular complexity index is 210. The zero-order valence-corrected chi connectivity index (χ0v) is 8.65. The predicted molar refractivity (Wildman–Crippen MR) is 53.9 cm³/mol. The number of hydrogen-bond donors (Lipinski definition) is 1. The number of hydrogen-bond acceptors (Lipinski definition) is 3. The average Bonchev–Trinajstić information content (AvgIpc) is 1.88. The third-order valence-corrected chi connectivity index (χ3v) is 1.27. The van der Waals surface area contributed by atoms with Crippen molar-refractivity contribution in [3.05, 3.63) is 23.8 Å². The number of aryl methyl sites for hydroxylation is 1. The van der Waals surface area contributed by atoms with E-state index >= 15 is 0 Å². The molecular weight excluding hydrogens is 197 g/mol. The molecule has 0 aromatic carbocycles. The molecule has 0 saturated carbocycles. The summed E-state index contributed by atoms with van der Waals surface area (Å²) in [6.07, 6.45) is 3.43. The van der Waals surface area contributed by atoms with Crippen LogP contribution in [0.5, 0.6) is 0 Å². The molecule has 0 aliphatic heterocycles. The van der Waals surface area contributed by atoms with Crippen LogP contribution < -0.4 is 5.73 Å². The van der Waals surface area contributed by atoms with Gasteiger partial charge in [0.15, 0.2) is 0 Å². The third-order valence-electron chi connectivity index (χ3n) is 1.27. The Balaban J connectivity index is 0. The van der Waals surface area contributed by atoms with Crippen molar-refractivity contribution >= 4 is 24.8 Å². The lowest BCUT2D eigenvalue weighted by Gasteiger charge is -2.01. The van der Waals surface area contributed by atoms with Crippen molar-refractivity contribution in [2.45, 2.75) is 19.9 Å². The number of halogens is 2. The van der Waals surface area contributed by atoms with E-state index in [2.05, 4.69) is 9.97 Å². The van der Waals surface area contributed by atoms with E-state index < -0.39 is 0 Å². The molecule has 1 aromatic heterocycles. The Morgan fingerprint density at radius 2 is 1.83 bits per heavy atom. The van der Waals surface area contributed by atoms with Crippen LogP contribution in [-0.4, -0.2) is 9.97 Å². The molecule has 12 heavy (non-hydrogen) atoms. The second-order valence-corrected chi connectivity index (χ2v) is 2.37. The van der Waals surface area contributed by atoms with Gasteiger partial charge in [-0.2, -0.15) is 0 Å². The van der Waals surface area contributed by atoms with Gasteiger partial charge in [-0.15, -0.1) is 24.8 Å². The highest BCUT2D eigenvalue weighted by molar-refractivity contribution is 5.85. The van der Waals surface area contributed by atoms with Crippen LogP contribution in [0.2, 0.25) is 0 Å². The minimum Gasteiger partial charge on any atom is -0.323 e. The van der Waals surface area contributed by atoms with Gasteiger partial charge in [0, 0.05) is 12.2 Å². The molecule has 1 heterocycles. The van der Waals surface area contributed by atoms with Crippen LogP contribution in [0.15, 0.2) is 12.4 Å². The van der Waals surface area contributed by atoms with E-state index in [-0.39, 0.29) is 30.9 Å². The Morgan fingerprint density at radius 1 is 1.25 bits per heavy atom. The molecule has 0 fully saturated rings. The highest BCUT2D eigenvalue weighted by atomic mass is 35.5. The second kappa shape index (κ2) is 6.17. The maximum atomic E-state index is 5.56. The summed E-state index contributed by atoms with van der Waals surface area (Å²) in [5, 5.41) is 0. The molecule has 0 spiro atoms. The highest BCUT2D eigenvalue weighted by Crippen LogP contribution is 2.02. The van der Waals surface area contributed by atoms with Crippen LogP contribution in [0.3, 0.4) is 0 Å². The summed E-state index contributed by atoms with van der Waals surface area (Å²) in [7, 11) is 0. The molecule has 5 heteroatoms. The molecule has 2 N–H and O–H groups in total. The van der Waals surface area contributed by atoms with E-state index in [0.29, 0.717) is 0 Å². The summed E-state index contributed by atoms with van der Waals surface area (Å²) in [5.74, 6) is 0. The molecule has 70 valence electrons. The van der Waals surface area contributed by atoms with Gasteiger partial charge in [-0.3, -0.25) is 9.97 Å². The summed E-state index contributed by atoms with van der Waals surface area (Å²) in [5.41, 5.74) is 7.32. The first-order valence-electron chi connectivity index (χ1n) is 3.24. The maximum Gasteiger partial charge on any atom is 0.0751 e. The lowest BCUT2D eigenvalue weighted by Crippen LogP contribution is -2.07. The van der Waals surface area contributed by atoms with Crippen LogP contribution >= 0.6 is 24.8 Å². The number of aromatic nitrogens is 2. The summed E-state index contributed by atoms with van der Waals surface area (Å²) in [6, 6.07) is -0.0203. The minimum absolute atomic E-state index is 0. The van der Waals surface area contributed by atoms with Crippen molar-refractivity contribution in [3.8, 4) is 0 Å². The van der Waals surface area contributed by atoms with E-state index in [1.165, 1.54) is 0 Å². The topological polar surface area (TPSA) is 51.8 Å². The molecule has 0 aliphatic rings. The van der Waals surface area contributed by atoms with Gasteiger partial charge in [0.25, 0.3) is 0 Å². The molecule has 0 bridgehead atoms. The zero-order valence-electron chi connectivity index (χ0n) is 7.02. The zero-order chi connectivity index (χ0) is 7.56. The Hall–Kier alpha value is -0.380. The van der Waals surface area contributed by atoms with Crippen molar-refractivity contribution < 1.29 is 0 Å². The first-order chi connectivity index (χ1) is 4.70. The highest BCUT2D eigenvalue weighted by Gasteiger charge is 1.98. The standard InChI is InChI=1S/C7H11N3.2ClH/c1-5-3-10-7(4-9-5)6(2)8;;/h3-4,6H,8H2,1-2H3;2*1H. The first-order valence-corrected chi connectivity index (χ1v) is 3.24. The molecule has 0 radical (unpaired) electrons. The van der Waals surface area contributed by atoms with Crippen molar-refractivity contribution in [1.29, 1.82) is 0 Å². The maximum absolute atomic E-state index is 5.56. The van der Waals surface area contributed by atoms with E-state index in [1.807, 2.05) is 13.8 Å². The molecule has 1 unspecified atom stereocenters. The molecule has 0 saturated heterocycles. The summed E-state index contributed by atoms with van der Waals surface area (Å²) < 4.78 is 0. The smallest absolute Gasteiger partial charge is 0.0751 e. The van der Waals surface area contributed by atoms with Gasteiger partial charge in [-0.1, -0.05) is 0 Å². The van der Waals surface area contributed by atoms with Gasteiger partial charge in [0.1, 0.15) is 0 Å². The lowest BCUT2D eigenvalue weighted by molar-refractivity contribution is 0.769. The number of nitrogens with two attached hydrogens (primary N) is 1.